The van der Waals surface area contributed by atoms with Crippen LogP contribution in [0.4, 0.5) is 0 Å². The number of aliphatic hydroxyl groups excluding tert-OH is 1. The summed E-state index contributed by atoms with van der Waals surface area (Å²) in [7, 11) is -2.03. The molecule has 0 aliphatic heterocycles. The zero-order valence-corrected chi connectivity index (χ0v) is 25.5. The van der Waals surface area contributed by atoms with Gasteiger partial charge in [0.15, 0.2) is 8.32 Å². The van der Waals surface area contributed by atoms with Crippen LogP contribution in [0.2, 0.25) is 18.1 Å². The van der Waals surface area contributed by atoms with Gasteiger partial charge in [0.05, 0.1) is 6.10 Å². The molecule has 0 spiro atoms. The Morgan fingerprint density at radius 2 is 1.72 bits per heavy atom. The van der Waals surface area contributed by atoms with Crippen LogP contribution in [-0.2, 0) is 19.4 Å². The maximum atomic E-state index is 13.0. The first-order chi connectivity index (χ1) is 16.6. The molecule has 1 aromatic rings. The van der Waals surface area contributed by atoms with E-state index in [-0.39, 0.29) is 53.0 Å². The van der Waals surface area contributed by atoms with Crippen molar-refractivity contribution < 1.29 is 19.1 Å². The Morgan fingerprint density at radius 3 is 2.28 bits per heavy atom. The first kappa shape index (κ1) is 30.8. The second kappa shape index (κ2) is 12.4. The van der Waals surface area contributed by atoms with E-state index in [0.29, 0.717) is 5.92 Å². The van der Waals surface area contributed by atoms with Crippen LogP contribution in [0.25, 0.3) is 0 Å². The number of carbonyl (C=O) groups is 1. The molecule has 0 heterocycles. The van der Waals surface area contributed by atoms with Gasteiger partial charge in [-0.1, -0.05) is 98.2 Å². The highest BCUT2D eigenvalue weighted by Crippen LogP contribution is 2.44. The van der Waals surface area contributed by atoms with Crippen molar-refractivity contribution in [1.82, 2.24) is 0 Å². The molecule has 0 saturated heterocycles. The van der Waals surface area contributed by atoms with Crippen LogP contribution in [0.3, 0.4) is 0 Å². The van der Waals surface area contributed by atoms with E-state index < -0.39 is 8.32 Å². The average Bonchev–Trinajstić information content (AvgIpc) is 2.80. The van der Waals surface area contributed by atoms with E-state index in [2.05, 4.69) is 85.8 Å². The van der Waals surface area contributed by atoms with Crippen molar-refractivity contribution in [3.8, 4) is 0 Å². The lowest BCUT2D eigenvalue weighted by atomic mass is 9.64. The van der Waals surface area contributed by atoms with Gasteiger partial charge >= 0.3 is 5.97 Å². The summed E-state index contributed by atoms with van der Waals surface area (Å²) in [6, 6.07) is 10.6. The molecule has 1 saturated carbocycles. The molecule has 0 aromatic heterocycles. The van der Waals surface area contributed by atoms with E-state index in [9.17, 15) is 9.90 Å². The zero-order chi connectivity index (χ0) is 27.3. The van der Waals surface area contributed by atoms with Crippen molar-refractivity contribution in [3.05, 3.63) is 48.0 Å². The minimum atomic E-state index is -2.03. The van der Waals surface area contributed by atoms with Crippen LogP contribution in [0.1, 0.15) is 80.2 Å². The SMILES string of the molecule is C[C@@H]1CC[C@@H](C(C)(C)c2ccccc2)[C@H](OC(=O)/C=C/[C@@H](C)[C@@H](O[Si](C)(C)C(C)(C)C)[C@@H](C)CO)C1. The van der Waals surface area contributed by atoms with Crippen molar-refractivity contribution in [2.75, 3.05) is 6.61 Å². The summed E-state index contributed by atoms with van der Waals surface area (Å²) in [6.07, 6.45) is 6.35. The molecule has 1 aliphatic rings. The quantitative estimate of drug-likeness (QED) is 0.198. The molecule has 0 radical (unpaired) electrons. The van der Waals surface area contributed by atoms with E-state index >= 15 is 0 Å². The fraction of sp³-hybridized carbons (Fsp3) is 0.710. The maximum Gasteiger partial charge on any atom is 0.330 e. The molecule has 1 aliphatic carbocycles. The van der Waals surface area contributed by atoms with Gasteiger partial charge in [-0.25, -0.2) is 4.79 Å². The van der Waals surface area contributed by atoms with Crippen molar-refractivity contribution in [1.29, 1.82) is 0 Å². The molecular formula is C31H52O4Si. The summed E-state index contributed by atoms with van der Waals surface area (Å²) < 4.78 is 12.8. The highest BCUT2D eigenvalue weighted by molar-refractivity contribution is 6.74. The number of aliphatic hydroxyl groups is 1. The van der Waals surface area contributed by atoms with Crippen LogP contribution in [0.5, 0.6) is 0 Å². The van der Waals surface area contributed by atoms with Crippen molar-refractivity contribution >= 4 is 14.3 Å². The van der Waals surface area contributed by atoms with Crippen molar-refractivity contribution in [2.24, 2.45) is 23.7 Å². The van der Waals surface area contributed by atoms with Gasteiger partial charge in [-0.3, -0.25) is 0 Å². The van der Waals surface area contributed by atoms with Crippen LogP contribution in [0.15, 0.2) is 42.5 Å². The molecule has 0 bridgehead atoms. The van der Waals surface area contributed by atoms with Crippen molar-refractivity contribution in [2.45, 2.75) is 110 Å². The Labute approximate surface area is 222 Å². The highest BCUT2D eigenvalue weighted by atomic mass is 28.4. The topological polar surface area (TPSA) is 55.8 Å². The molecule has 1 N–H and O–H groups in total. The predicted octanol–water partition coefficient (Wildman–Crippen LogP) is 7.52. The molecule has 204 valence electrons. The fourth-order valence-electron chi connectivity index (χ4n) is 5.26. The molecule has 6 atom stereocenters. The zero-order valence-electron chi connectivity index (χ0n) is 24.5. The molecule has 1 fully saturated rings. The third-order valence-corrected chi connectivity index (χ3v) is 13.4. The minimum Gasteiger partial charge on any atom is -0.459 e. The summed E-state index contributed by atoms with van der Waals surface area (Å²) in [5.74, 6) is 0.495. The second-order valence-electron chi connectivity index (χ2n) is 13.3. The average molecular weight is 517 g/mol. The third kappa shape index (κ3) is 7.78. The number of rotatable bonds is 10. The van der Waals surface area contributed by atoms with E-state index in [0.717, 1.165) is 19.3 Å². The summed E-state index contributed by atoms with van der Waals surface area (Å²) >= 11 is 0. The van der Waals surface area contributed by atoms with Gasteiger partial charge in [-0.15, -0.1) is 0 Å². The smallest absolute Gasteiger partial charge is 0.330 e. The first-order valence-corrected chi connectivity index (χ1v) is 16.7. The molecule has 36 heavy (non-hydrogen) atoms. The third-order valence-electron chi connectivity index (χ3n) is 8.91. The highest BCUT2D eigenvalue weighted by Gasteiger charge is 2.42. The monoisotopic (exact) mass is 516 g/mol. The molecule has 0 amide bonds. The normalized spacial score (nSPS) is 24.4. The van der Waals surface area contributed by atoms with Gasteiger partial charge in [-0.05, 0) is 53.8 Å². The molecule has 2 rings (SSSR count). The lowest BCUT2D eigenvalue weighted by molar-refractivity contribution is -0.150. The van der Waals surface area contributed by atoms with Crippen molar-refractivity contribution in [3.63, 3.8) is 0 Å². The van der Waals surface area contributed by atoms with E-state index in [1.807, 2.05) is 19.1 Å². The van der Waals surface area contributed by atoms with Gasteiger partial charge in [0, 0.05) is 24.5 Å². The molecule has 1 aromatic carbocycles. The Hall–Kier alpha value is -1.43. The fourth-order valence-corrected chi connectivity index (χ4v) is 6.74. The van der Waals surface area contributed by atoms with E-state index in [1.54, 1.807) is 6.08 Å². The standard InChI is InChI=1S/C31H52O4Si/c1-22-16-18-26(31(7,8)25-14-12-11-13-15-25)27(20-22)34-28(33)19-17-23(2)29(24(3)21-32)35-36(9,10)30(4,5)6/h11-15,17,19,22-24,26-27,29,32H,16,18,20-21H2,1-10H3/b19-17+/t22-,23-,24+,26-,27-,29-/m1/s1. The van der Waals surface area contributed by atoms with Gasteiger partial charge < -0.3 is 14.3 Å². The molecule has 5 heteroatoms. The number of ether oxygens (including phenoxy) is 1. The lowest BCUT2D eigenvalue weighted by Crippen LogP contribution is -2.47. The number of hydrogen-bond acceptors (Lipinski definition) is 4. The Balaban J connectivity index is 2.16. The Bertz CT molecular complexity index is 855. The van der Waals surface area contributed by atoms with Gasteiger partial charge in [-0.2, -0.15) is 0 Å². The largest absolute Gasteiger partial charge is 0.459 e. The maximum absolute atomic E-state index is 13.0. The lowest BCUT2D eigenvalue weighted by Gasteiger charge is -2.43. The van der Waals surface area contributed by atoms with E-state index in [1.165, 1.54) is 5.56 Å². The molecular weight excluding hydrogens is 464 g/mol. The van der Waals surface area contributed by atoms with Gasteiger partial charge in [0.25, 0.3) is 0 Å². The van der Waals surface area contributed by atoms with Crippen LogP contribution >= 0.6 is 0 Å². The van der Waals surface area contributed by atoms with Gasteiger partial charge in [0.2, 0.25) is 0 Å². The first-order valence-electron chi connectivity index (χ1n) is 13.8. The number of hydrogen-bond donors (Lipinski definition) is 1. The summed E-state index contributed by atoms with van der Waals surface area (Å²) in [5, 5.41) is 9.96. The summed E-state index contributed by atoms with van der Waals surface area (Å²) in [4.78, 5) is 13.0. The molecule has 4 nitrogen and oxygen atoms in total. The Morgan fingerprint density at radius 1 is 1.11 bits per heavy atom. The Kier molecular flexibility index (Phi) is 10.6. The van der Waals surface area contributed by atoms with Crippen LogP contribution < -0.4 is 0 Å². The van der Waals surface area contributed by atoms with Gasteiger partial charge in [0.1, 0.15) is 6.10 Å². The number of esters is 1. The van der Waals surface area contributed by atoms with E-state index in [4.69, 9.17) is 9.16 Å². The molecule has 0 unspecified atom stereocenters. The minimum absolute atomic E-state index is 0.0179. The van der Waals surface area contributed by atoms with Crippen LogP contribution in [-0.4, -0.2) is 38.2 Å². The predicted molar refractivity (Wildman–Crippen MR) is 152 cm³/mol. The summed E-state index contributed by atoms with van der Waals surface area (Å²) in [5.41, 5.74) is 1.21. The summed E-state index contributed by atoms with van der Waals surface area (Å²) in [6.45, 7) is 22.1. The van der Waals surface area contributed by atoms with Crippen LogP contribution in [0, 0.1) is 23.7 Å². The second-order valence-corrected chi connectivity index (χ2v) is 18.1. The number of benzene rings is 1. The number of carbonyl (C=O) groups excluding carboxylic acids is 1.